The average Bonchev–Trinajstić information content (AvgIpc) is 2.72. The number of anilines is 1. The van der Waals surface area contributed by atoms with Crippen molar-refractivity contribution in [2.45, 2.75) is 32.8 Å². The summed E-state index contributed by atoms with van der Waals surface area (Å²) in [7, 11) is 1.50. The highest BCUT2D eigenvalue weighted by atomic mass is 16.5. The van der Waals surface area contributed by atoms with Crippen LogP contribution >= 0.6 is 0 Å². The number of nitrogens with one attached hydrogen (secondary N) is 2. The van der Waals surface area contributed by atoms with Crippen molar-refractivity contribution in [1.29, 1.82) is 0 Å². The zero-order valence-electron chi connectivity index (χ0n) is 17.0. The standard InChI is InChI=1S/C22H26N2O5/c1-14(2)16-8-10-18(11-9-16)24-21(26)15(3)29-20(25)13-23-22(27)17-6-5-7-19(12-17)28-4/h5-12,14-15H,13H2,1-4H3,(H,23,27)(H,24,26)/t15-/m0/s1. The number of ether oxygens (including phenoxy) is 2. The highest BCUT2D eigenvalue weighted by molar-refractivity contribution is 5.97. The number of rotatable bonds is 8. The zero-order chi connectivity index (χ0) is 21.4. The fourth-order valence-electron chi connectivity index (χ4n) is 2.51. The van der Waals surface area contributed by atoms with E-state index in [1.807, 2.05) is 12.1 Å². The average molecular weight is 398 g/mol. The largest absolute Gasteiger partial charge is 0.497 e. The lowest BCUT2D eigenvalue weighted by Crippen LogP contribution is -2.35. The van der Waals surface area contributed by atoms with Crippen molar-refractivity contribution in [3.63, 3.8) is 0 Å². The zero-order valence-corrected chi connectivity index (χ0v) is 17.0. The van der Waals surface area contributed by atoms with Crippen LogP contribution in [-0.2, 0) is 14.3 Å². The number of amides is 2. The second-order valence-corrected chi connectivity index (χ2v) is 6.81. The molecule has 0 heterocycles. The molecule has 7 heteroatoms. The smallest absolute Gasteiger partial charge is 0.326 e. The highest BCUT2D eigenvalue weighted by Crippen LogP contribution is 2.17. The first-order chi connectivity index (χ1) is 13.8. The maximum absolute atomic E-state index is 12.2. The number of carbonyl (C=O) groups excluding carboxylic acids is 3. The molecule has 0 aromatic heterocycles. The van der Waals surface area contributed by atoms with Crippen LogP contribution in [0.3, 0.4) is 0 Å². The molecule has 0 unspecified atom stereocenters. The second-order valence-electron chi connectivity index (χ2n) is 6.81. The molecule has 154 valence electrons. The Morgan fingerprint density at radius 3 is 2.31 bits per heavy atom. The van der Waals surface area contributed by atoms with Crippen LogP contribution in [0.4, 0.5) is 5.69 Å². The van der Waals surface area contributed by atoms with Crippen molar-refractivity contribution in [2.24, 2.45) is 0 Å². The summed E-state index contributed by atoms with van der Waals surface area (Å²) in [6.45, 7) is 5.29. The summed E-state index contributed by atoms with van der Waals surface area (Å²) in [5, 5.41) is 5.16. The summed E-state index contributed by atoms with van der Waals surface area (Å²) in [5.74, 6) is -0.671. The topological polar surface area (TPSA) is 93.7 Å². The van der Waals surface area contributed by atoms with Gasteiger partial charge in [-0.15, -0.1) is 0 Å². The molecule has 29 heavy (non-hydrogen) atoms. The van der Waals surface area contributed by atoms with Gasteiger partial charge in [-0.3, -0.25) is 14.4 Å². The summed E-state index contributed by atoms with van der Waals surface area (Å²) in [6.07, 6.45) is -0.999. The third kappa shape index (κ3) is 6.64. The van der Waals surface area contributed by atoms with Crippen LogP contribution in [0.5, 0.6) is 5.75 Å². The molecule has 2 N–H and O–H groups in total. The number of hydrogen-bond acceptors (Lipinski definition) is 5. The van der Waals surface area contributed by atoms with Crippen LogP contribution < -0.4 is 15.4 Å². The third-order valence-electron chi connectivity index (χ3n) is 4.25. The summed E-state index contributed by atoms with van der Waals surface area (Å²) in [4.78, 5) is 36.3. The Morgan fingerprint density at radius 2 is 1.69 bits per heavy atom. The van der Waals surface area contributed by atoms with Gasteiger partial charge < -0.3 is 20.1 Å². The Labute approximate surface area is 170 Å². The van der Waals surface area contributed by atoms with Crippen molar-refractivity contribution >= 4 is 23.5 Å². The second kappa shape index (κ2) is 10.3. The van der Waals surface area contributed by atoms with E-state index >= 15 is 0 Å². The molecule has 2 aromatic rings. The fourth-order valence-corrected chi connectivity index (χ4v) is 2.51. The lowest BCUT2D eigenvalue weighted by atomic mass is 10.0. The molecule has 0 radical (unpaired) electrons. The molecule has 2 rings (SSSR count). The fraction of sp³-hybridized carbons (Fsp3) is 0.318. The maximum atomic E-state index is 12.2. The molecular weight excluding hydrogens is 372 g/mol. The minimum atomic E-state index is -0.999. The molecule has 2 amide bonds. The number of benzene rings is 2. The van der Waals surface area contributed by atoms with E-state index in [0.29, 0.717) is 22.9 Å². The van der Waals surface area contributed by atoms with Gasteiger partial charge in [-0.25, -0.2) is 0 Å². The first kappa shape index (κ1) is 21.9. The molecule has 0 aliphatic heterocycles. The maximum Gasteiger partial charge on any atom is 0.326 e. The number of esters is 1. The Bertz CT molecular complexity index is 862. The lowest BCUT2D eigenvalue weighted by Gasteiger charge is -2.14. The normalized spacial score (nSPS) is 11.5. The summed E-state index contributed by atoms with van der Waals surface area (Å²) < 4.78 is 10.1. The monoisotopic (exact) mass is 398 g/mol. The Morgan fingerprint density at radius 1 is 1.00 bits per heavy atom. The first-order valence-corrected chi connectivity index (χ1v) is 9.32. The highest BCUT2D eigenvalue weighted by Gasteiger charge is 2.19. The van der Waals surface area contributed by atoms with Gasteiger partial charge in [0.1, 0.15) is 12.3 Å². The number of hydrogen-bond donors (Lipinski definition) is 2. The van der Waals surface area contributed by atoms with Gasteiger partial charge in [-0.2, -0.15) is 0 Å². The molecule has 0 saturated heterocycles. The SMILES string of the molecule is COc1cccc(C(=O)NCC(=O)O[C@@H](C)C(=O)Nc2ccc(C(C)C)cc2)c1. The molecule has 1 atom stereocenters. The molecule has 0 aliphatic rings. The molecule has 0 fully saturated rings. The van der Waals surface area contributed by atoms with E-state index in [4.69, 9.17) is 9.47 Å². The summed E-state index contributed by atoms with van der Waals surface area (Å²) >= 11 is 0. The summed E-state index contributed by atoms with van der Waals surface area (Å²) in [6, 6.07) is 14.0. The van der Waals surface area contributed by atoms with E-state index in [2.05, 4.69) is 24.5 Å². The van der Waals surface area contributed by atoms with Crippen molar-refractivity contribution in [3.8, 4) is 5.75 Å². The third-order valence-corrected chi connectivity index (χ3v) is 4.25. The van der Waals surface area contributed by atoms with Crippen LogP contribution in [0, 0.1) is 0 Å². The molecule has 0 spiro atoms. The van der Waals surface area contributed by atoms with Gasteiger partial charge in [0.25, 0.3) is 11.8 Å². The predicted octanol–water partition coefficient (Wildman–Crippen LogP) is 3.12. The Hall–Kier alpha value is -3.35. The van der Waals surface area contributed by atoms with Gasteiger partial charge in [-0.1, -0.05) is 32.0 Å². The molecular formula is C22H26N2O5. The van der Waals surface area contributed by atoms with Gasteiger partial charge in [0, 0.05) is 11.3 Å². The van der Waals surface area contributed by atoms with Crippen LogP contribution in [0.1, 0.15) is 42.6 Å². The van der Waals surface area contributed by atoms with E-state index in [9.17, 15) is 14.4 Å². The minimum Gasteiger partial charge on any atom is -0.497 e. The van der Waals surface area contributed by atoms with E-state index in [-0.39, 0.29) is 6.54 Å². The van der Waals surface area contributed by atoms with Crippen molar-refractivity contribution in [3.05, 3.63) is 59.7 Å². The van der Waals surface area contributed by atoms with Gasteiger partial charge in [0.15, 0.2) is 6.10 Å². The van der Waals surface area contributed by atoms with E-state index in [1.165, 1.54) is 14.0 Å². The molecule has 0 bridgehead atoms. The minimum absolute atomic E-state index is 0.350. The van der Waals surface area contributed by atoms with Gasteiger partial charge in [0.2, 0.25) is 0 Å². The summed E-state index contributed by atoms with van der Waals surface area (Å²) in [5.41, 5.74) is 2.13. The van der Waals surface area contributed by atoms with Crippen LogP contribution in [0.15, 0.2) is 48.5 Å². The van der Waals surface area contributed by atoms with Gasteiger partial charge in [-0.05, 0) is 48.7 Å². The van der Waals surface area contributed by atoms with E-state index < -0.39 is 23.9 Å². The van der Waals surface area contributed by atoms with Crippen molar-refractivity contribution in [2.75, 3.05) is 19.0 Å². The predicted molar refractivity (Wildman–Crippen MR) is 110 cm³/mol. The molecule has 7 nitrogen and oxygen atoms in total. The van der Waals surface area contributed by atoms with E-state index in [1.54, 1.807) is 36.4 Å². The molecule has 2 aromatic carbocycles. The molecule has 0 saturated carbocycles. The van der Waals surface area contributed by atoms with Crippen LogP contribution in [0.25, 0.3) is 0 Å². The van der Waals surface area contributed by atoms with Crippen LogP contribution in [0.2, 0.25) is 0 Å². The Kier molecular flexibility index (Phi) is 7.77. The van der Waals surface area contributed by atoms with Crippen LogP contribution in [-0.4, -0.2) is 37.5 Å². The van der Waals surface area contributed by atoms with Crippen molar-refractivity contribution in [1.82, 2.24) is 5.32 Å². The quantitative estimate of drug-likeness (QED) is 0.667. The molecule has 0 aliphatic carbocycles. The van der Waals surface area contributed by atoms with Gasteiger partial charge in [0.05, 0.1) is 7.11 Å². The lowest BCUT2D eigenvalue weighted by molar-refractivity contribution is -0.152. The Balaban J connectivity index is 1.81. The van der Waals surface area contributed by atoms with Crippen molar-refractivity contribution < 1.29 is 23.9 Å². The van der Waals surface area contributed by atoms with E-state index in [0.717, 1.165) is 5.56 Å². The number of carbonyl (C=O) groups is 3. The number of methoxy groups -OCH3 is 1. The van der Waals surface area contributed by atoms with Gasteiger partial charge >= 0.3 is 5.97 Å². The first-order valence-electron chi connectivity index (χ1n) is 9.32.